The van der Waals surface area contributed by atoms with E-state index in [1.54, 1.807) is 12.1 Å². The van der Waals surface area contributed by atoms with Gasteiger partial charge in [0.05, 0.1) is 17.7 Å². The summed E-state index contributed by atoms with van der Waals surface area (Å²) in [5.74, 6) is 0.891. The Morgan fingerprint density at radius 1 is 1.00 bits per heavy atom. The van der Waals surface area contributed by atoms with Crippen molar-refractivity contribution < 1.29 is 33.9 Å². The zero-order valence-electron chi connectivity index (χ0n) is 14.0. The molecule has 0 heterocycles. The number of carbonyl (C=O) groups is 2. The second kappa shape index (κ2) is 8.54. The van der Waals surface area contributed by atoms with Crippen molar-refractivity contribution in [3.05, 3.63) is 29.8 Å². The first-order valence-electron chi connectivity index (χ1n) is 7.89. The van der Waals surface area contributed by atoms with Gasteiger partial charge in [0.2, 0.25) is 0 Å². The van der Waals surface area contributed by atoms with Crippen LogP contribution in [-0.4, -0.2) is 25.3 Å². The van der Waals surface area contributed by atoms with E-state index in [0.717, 1.165) is 19.3 Å². The Balaban J connectivity index is 1.69. The highest BCUT2D eigenvalue weighted by Gasteiger charge is 2.28. The zero-order valence-corrected chi connectivity index (χ0v) is 14.0. The summed E-state index contributed by atoms with van der Waals surface area (Å²) in [4.78, 5) is 31.9. The summed E-state index contributed by atoms with van der Waals surface area (Å²) in [6, 6.07) is 6.18. The van der Waals surface area contributed by atoms with Gasteiger partial charge in [-0.15, -0.1) is 0 Å². The molecule has 0 bridgehead atoms. The van der Waals surface area contributed by atoms with Crippen LogP contribution in [0.5, 0.6) is 5.75 Å². The van der Waals surface area contributed by atoms with Crippen molar-refractivity contribution in [3.8, 4) is 5.75 Å². The molecule has 7 heteroatoms. The van der Waals surface area contributed by atoms with Crippen LogP contribution in [0.2, 0.25) is 0 Å². The van der Waals surface area contributed by atoms with Gasteiger partial charge in [-0.05, 0) is 55.4 Å². The molecule has 0 radical (unpaired) electrons. The number of ether oxygens (including phenoxy) is 2. The fraction of sp³-hybridized carbons (Fsp3) is 0.529. The van der Waals surface area contributed by atoms with Gasteiger partial charge in [-0.2, -0.15) is 0 Å². The summed E-state index contributed by atoms with van der Waals surface area (Å²) in [6.45, 7) is 4.31. The van der Waals surface area contributed by atoms with Crippen LogP contribution in [0.25, 0.3) is 0 Å². The lowest BCUT2D eigenvalue weighted by Crippen LogP contribution is -2.29. The van der Waals surface area contributed by atoms with E-state index < -0.39 is 12.1 Å². The molecule has 1 aliphatic rings. The highest BCUT2D eigenvalue weighted by Crippen LogP contribution is 2.31. The summed E-state index contributed by atoms with van der Waals surface area (Å²) >= 11 is 0. The first-order chi connectivity index (χ1) is 11.5. The molecule has 7 nitrogen and oxygen atoms in total. The lowest BCUT2D eigenvalue weighted by atomic mass is 9.80. The molecule has 1 saturated carbocycles. The summed E-state index contributed by atoms with van der Waals surface area (Å²) in [6.07, 6.45) is 1.33. The molecule has 0 amide bonds. The van der Waals surface area contributed by atoms with E-state index >= 15 is 0 Å². The number of carbonyl (C=O) groups excluding carboxylic acids is 2. The van der Waals surface area contributed by atoms with Gasteiger partial charge in [0, 0.05) is 0 Å². The Morgan fingerprint density at radius 2 is 1.71 bits per heavy atom. The van der Waals surface area contributed by atoms with Crippen molar-refractivity contribution in [1.82, 2.24) is 0 Å². The topological polar surface area (TPSA) is 80.3 Å². The quantitative estimate of drug-likeness (QED) is 0.460. The third-order valence-corrected chi connectivity index (χ3v) is 4.35. The average Bonchev–Trinajstić information content (AvgIpc) is 2.58. The maximum Gasteiger partial charge on any atom is 0.543 e. The van der Waals surface area contributed by atoms with E-state index in [1.165, 1.54) is 19.2 Å². The summed E-state index contributed by atoms with van der Waals surface area (Å²) in [5, 5.41) is 4.20. The predicted molar refractivity (Wildman–Crippen MR) is 83.0 cm³/mol. The van der Waals surface area contributed by atoms with Crippen molar-refractivity contribution in [3.63, 3.8) is 0 Å². The molecule has 1 aromatic rings. The van der Waals surface area contributed by atoms with Crippen LogP contribution in [0, 0.1) is 11.8 Å². The van der Waals surface area contributed by atoms with Gasteiger partial charge in [0.15, 0.2) is 0 Å². The molecule has 1 fully saturated rings. The smallest absolute Gasteiger partial charge is 0.497 e. The lowest BCUT2D eigenvalue weighted by Gasteiger charge is -2.30. The van der Waals surface area contributed by atoms with E-state index in [9.17, 15) is 9.59 Å². The number of benzene rings is 1. The monoisotopic (exact) mass is 338 g/mol. The Morgan fingerprint density at radius 3 is 2.33 bits per heavy atom. The fourth-order valence-corrected chi connectivity index (χ4v) is 2.61. The Bertz CT molecular complexity index is 555. The molecule has 2 rings (SSSR count). The van der Waals surface area contributed by atoms with E-state index in [4.69, 9.17) is 9.47 Å². The van der Waals surface area contributed by atoms with Gasteiger partial charge in [0.25, 0.3) is 0 Å². The molecular formula is C17H22O7. The van der Waals surface area contributed by atoms with E-state index in [0.29, 0.717) is 17.6 Å². The predicted octanol–water partition coefficient (Wildman–Crippen LogP) is 3.68. The molecule has 24 heavy (non-hydrogen) atoms. The maximum absolute atomic E-state index is 11.7. The number of hydrogen-bond donors (Lipinski definition) is 0. The molecule has 132 valence electrons. The first-order valence-corrected chi connectivity index (χ1v) is 7.89. The molecule has 3 unspecified atom stereocenters. The van der Waals surface area contributed by atoms with Crippen LogP contribution >= 0.6 is 0 Å². The van der Waals surface area contributed by atoms with Crippen molar-refractivity contribution in [2.24, 2.45) is 11.8 Å². The van der Waals surface area contributed by atoms with Crippen LogP contribution in [0.4, 0.5) is 4.79 Å². The Labute approximate surface area is 140 Å². The van der Waals surface area contributed by atoms with Crippen LogP contribution in [-0.2, 0) is 19.6 Å². The molecule has 0 N–H and O–H groups in total. The largest absolute Gasteiger partial charge is 0.543 e. The summed E-state index contributed by atoms with van der Waals surface area (Å²) < 4.78 is 10.1. The third kappa shape index (κ3) is 5.13. The van der Waals surface area contributed by atoms with Gasteiger partial charge < -0.3 is 9.47 Å². The number of hydrogen-bond acceptors (Lipinski definition) is 7. The second-order valence-corrected chi connectivity index (χ2v) is 6.01. The molecule has 0 aromatic heterocycles. The Hall–Kier alpha value is -2.28. The normalized spacial score (nSPS) is 23.2. The van der Waals surface area contributed by atoms with Crippen LogP contribution in [0.3, 0.4) is 0 Å². The SMILES string of the molecule is COc1ccc(C(=O)OOOC(=O)OC2CCC(C)C(C)C2)cc1. The van der Waals surface area contributed by atoms with Crippen LogP contribution in [0.15, 0.2) is 24.3 Å². The fourth-order valence-electron chi connectivity index (χ4n) is 2.61. The highest BCUT2D eigenvalue weighted by molar-refractivity contribution is 5.89. The zero-order chi connectivity index (χ0) is 17.5. The number of rotatable bonds is 5. The van der Waals surface area contributed by atoms with Crippen LogP contribution in [0.1, 0.15) is 43.5 Å². The molecule has 1 aliphatic carbocycles. The van der Waals surface area contributed by atoms with E-state index in [2.05, 4.69) is 28.7 Å². The number of methoxy groups -OCH3 is 1. The summed E-state index contributed by atoms with van der Waals surface area (Å²) in [5.41, 5.74) is 0.225. The van der Waals surface area contributed by atoms with E-state index in [1.807, 2.05) is 0 Å². The van der Waals surface area contributed by atoms with Crippen molar-refractivity contribution in [2.45, 2.75) is 39.2 Å². The molecule has 0 spiro atoms. The van der Waals surface area contributed by atoms with E-state index in [-0.39, 0.29) is 11.7 Å². The standard InChI is InChI=1S/C17H22O7/c1-11-4-7-15(10-12(11)2)21-17(19)23-24-22-16(18)13-5-8-14(20-3)9-6-13/h5-6,8-9,11-12,15H,4,7,10H2,1-3H3. The molecule has 1 aromatic carbocycles. The average molecular weight is 338 g/mol. The summed E-state index contributed by atoms with van der Waals surface area (Å²) in [7, 11) is 1.52. The Kier molecular flexibility index (Phi) is 6.43. The van der Waals surface area contributed by atoms with Gasteiger partial charge in [-0.25, -0.2) is 14.5 Å². The minimum atomic E-state index is -1.02. The molecule has 0 aliphatic heterocycles. The lowest BCUT2D eigenvalue weighted by molar-refractivity contribution is -0.453. The molecule has 3 atom stereocenters. The highest BCUT2D eigenvalue weighted by atomic mass is 17.5. The van der Waals surface area contributed by atoms with Crippen molar-refractivity contribution in [2.75, 3.05) is 7.11 Å². The minimum absolute atomic E-state index is 0.204. The minimum Gasteiger partial charge on any atom is -0.497 e. The van der Waals surface area contributed by atoms with Gasteiger partial charge in [-0.1, -0.05) is 13.8 Å². The van der Waals surface area contributed by atoms with Gasteiger partial charge >= 0.3 is 12.1 Å². The first kappa shape index (κ1) is 18.1. The van der Waals surface area contributed by atoms with Gasteiger partial charge in [-0.3, -0.25) is 4.89 Å². The molecular weight excluding hydrogens is 316 g/mol. The van der Waals surface area contributed by atoms with Crippen LogP contribution < -0.4 is 4.74 Å². The molecule has 0 saturated heterocycles. The van der Waals surface area contributed by atoms with Crippen molar-refractivity contribution >= 4 is 12.1 Å². The maximum atomic E-state index is 11.7. The van der Waals surface area contributed by atoms with Crippen molar-refractivity contribution in [1.29, 1.82) is 0 Å². The second-order valence-electron chi connectivity index (χ2n) is 6.01. The van der Waals surface area contributed by atoms with Gasteiger partial charge in [0.1, 0.15) is 11.9 Å². The third-order valence-electron chi connectivity index (χ3n) is 4.35.